The van der Waals surface area contributed by atoms with Crippen LogP contribution < -0.4 is 0 Å². The minimum Gasteiger partial charge on any atom is -0.382 e. The Morgan fingerprint density at radius 1 is 1.44 bits per heavy atom. The van der Waals surface area contributed by atoms with Crippen molar-refractivity contribution in [1.29, 1.82) is 0 Å². The number of rotatable bonds is 5. The van der Waals surface area contributed by atoms with E-state index >= 15 is 0 Å². The summed E-state index contributed by atoms with van der Waals surface area (Å²) in [6.07, 6.45) is -3.29. The van der Waals surface area contributed by atoms with Gasteiger partial charge in [-0.05, 0) is 25.8 Å². The highest BCUT2D eigenvalue weighted by atomic mass is 19.4. The third-order valence-corrected chi connectivity index (χ3v) is 1.94. The Labute approximate surface area is 92.5 Å². The van der Waals surface area contributed by atoms with Gasteiger partial charge >= 0.3 is 6.18 Å². The third kappa shape index (κ3) is 4.18. The van der Waals surface area contributed by atoms with E-state index in [1.54, 1.807) is 0 Å². The van der Waals surface area contributed by atoms with Gasteiger partial charge in [0.2, 0.25) is 0 Å². The maximum Gasteiger partial charge on any atom is 0.433 e. The summed E-state index contributed by atoms with van der Waals surface area (Å²) >= 11 is 0. The minimum absolute atomic E-state index is 0.328. The first kappa shape index (κ1) is 13.0. The van der Waals surface area contributed by atoms with Gasteiger partial charge in [0.05, 0.1) is 0 Å². The van der Waals surface area contributed by atoms with Crippen LogP contribution in [0.1, 0.15) is 24.7 Å². The van der Waals surface area contributed by atoms with E-state index in [2.05, 4.69) is 11.1 Å². The number of alkyl halides is 3. The van der Waals surface area contributed by atoms with E-state index in [9.17, 15) is 13.2 Å². The lowest BCUT2D eigenvalue weighted by Gasteiger charge is -2.07. The SMILES string of the molecule is CCOCCCc1[c]ccc(C(F)(F)F)n1. The molecule has 0 fully saturated rings. The van der Waals surface area contributed by atoms with E-state index in [0.29, 0.717) is 31.7 Å². The van der Waals surface area contributed by atoms with Crippen molar-refractivity contribution in [1.82, 2.24) is 4.98 Å². The maximum absolute atomic E-state index is 12.3. The first-order chi connectivity index (χ1) is 7.54. The average molecular weight is 232 g/mol. The molecule has 0 aliphatic carbocycles. The third-order valence-electron chi connectivity index (χ3n) is 1.94. The van der Waals surface area contributed by atoms with Crippen LogP contribution >= 0.6 is 0 Å². The molecule has 1 heterocycles. The smallest absolute Gasteiger partial charge is 0.382 e. The molecule has 0 aliphatic heterocycles. The summed E-state index contributed by atoms with van der Waals surface area (Å²) in [5.74, 6) is 0. The zero-order valence-corrected chi connectivity index (χ0v) is 8.97. The summed E-state index contributed by atoms with van der Waals surface area (Å²) < 4.78 is 42.0. The van der Waals surface area contributed by atoms with Crippen LogP contribution in [-0.2, 0) is 17.3 Å². The second kappa shape index (κ2) is 5.84. The topological polar surface area (TPSA) is 22.1 Å². The molecule has 89 valence electrons. The van der Waals surface area contributed by atoms with Crippen molar-refractivity contribution in [3.8, 4) is 0 Å². The molecule has 0 saturated carbocycles. The van der Waals surface area contributed by atoms with Crippen molar-refractivity contribution in [3.05, 3.63) is 29.6 Å². The van der Waals surface area contributed by atoms with Crippen molar-refractivity contribution in [2.45, 2.75) is 25.9 Å². The van der Waals surface area contributed by atoms with E-state index in [0.717, 1.165) is 6.07 Å². The van der Waals surface area contributed by atoms with Gasteiger partial charge in [-0.1, -0.05) is 6.07 Å². The summed E-state index contributed by atoms with van der Waals surface area (Å²) in [5.41, 5.74) is -0.535. The molecule has 0 aromatic carbocycles. The van der Waals surface area contributed by atoms with E-state index < -0.39 is 11.9 Å². The largest absolute Gasteiger partial charge is 0.433 e. The normalized spacial score (nSPS) is 11.8. The van der Waals surface area contributed by atoms with Gasteiger partial charge < -0.3 is 4.74 Å². The number of hydrogen-bond acceptors (Lipinski definition) is 2. The minimum atomic E-state index is -4.39. The van der Waals surface area contributed by atoms with Gasteiger partial charge in [-0.25, -0.2) is 4.98 Å². The Balaban J connectivity index is 2.54. The first-order valence-corrected chi connectivity index (χ1v) is 5.06. The Bertz CT molecular complexity index is 325. The summed E-state index contributed by atoms with van der Waals surface area (Å²) in [4.78, 5) is 3.51. The van der Waals surface area contributed by atoms with E-state index in [-0.39, 0.29) is 0 Å². The Hall–Kier alpha value is -1.10. The maximum atomic E-state index is 12.3. The molecular formula is C11H13F3NO. The molecule has 0 saturated heterocycles. The van der Waals surface area contributed by atoms with Crippen LogP contribution in [0.25, 0.3) is 0 Å². The summed E-state index contributed by atoms with van der Waals surface area (Å²) in [5, 5.41) is 0. The summed E-state index contributed by atoms with van der Waals surface area (Å²) in [6.45, 7) is 3.01. The van der Waals surface area contributed by atoms with E-state index in [1.165, 1.54) is 6.07 Å². The standard InChI is InChI=1S/C11H13F3NO/c1-2-16-8-4-6-9-5-3-7-10(15-9)11(12,13)14/h3,7H,2,4,6,8H2,1H3. The van der Waals surface area contributed by atoms with Crippen LogP contribution in [0.15, 0.2) is 12.1 Å². The fourth-order valence-electron chi connectivity index (χ4n) is 1.20. The van der Waals surface area contributed by atoms with Gasteiger partial charge in [-0.3, -0.25) is 0 Å². The Morgan fingerprint density at radius 3 is 2.81 bits per heavy atom. The molecule has 1 radical (unpaired) electrons. The molecule has 0 atom stereocenters. The van der Waals surface area contributed by atoms with Crippen LogP contribution in [0.2, 0.25) is 0 Å². The van der Waals surface area contributed by atoms with Crippen LogP contribution in [0.4, 0.5) is 13.2 Å². The van der Waals surface area contributed by atoms with Gasteiger partial charge in [0.1, 0.15) is 5.69 Å². The van der Waals surface area contributed by atoms with Crippen molar-refractivity contribution in [2.75, 3.05) is 13.2 Å². The highest BCUT2D eigenvalue weighted by Crippen LogP contribution is 2.27. The molecule has 1 aromatic rings. The molecule has 0 aliphatic rings. The fraction of sp³-hybridized carbons (Fsp3) is 0.545. The Morgan fingerprint density at radius 2 is 2.19 bits per heavy atom. The second-order valence-corrected chi connectivity index (χ2v) is 3.22. The van der Waals surface area contributed by atoms with Crippen molar-refractivity contribution >= 4 is 0 Å². The van der Waals surface area contributed by atoms with Crippen molar-refractivity contribution in [3.63, 3.8) is 0 Å². The lowest BCUT2D eigenvalue weighted by molar-refractivity contribution is -0.141. The molecule has 1 rings (SSSR count). The van der Waals surface area contributed by atoms with E-state index in [4.69, 9.17) is 4.74 Å². The molecule has 1 aromatic heterocycles. The lowest BCUT2D eigenvalue weighted by atomic mass is 10.2. The van der Waals surface area contributed by atoms with Gasteiger partial charge in [-0.2, -0.15) is 13.2 Å². The van der Waals surface area contributed by atoms with Crippen LogP contribution in [0, 0.1) is 6.07 Å². The summed E-state index contributed by atoms with van der Waals surface area (Å²) in [7, 11) is 0. The van der Waals surface area contributed by atoms with E-state index in [1.807, 2.05) is 6.92 Å². The predicted molar refractivity (Wildman–Crippen MR) is 52.9 cm³/mol. The molecule has 5 heteroatoms. The molecule has 0 spiro atoms. The van der Waals surface area contributed by atoms with Gasteiger partial charge in [-0.15, -0.1) is 0 Å². The molecule has 2 nitrogen and oxygen atoms in total. The number of aromatic nitrogens is 1. The zero-order chi connectivity index (χ0) is 12.0. The van der Waals surface area contributed by atoms with Gasteiger partial charge in [0.25, 0.3) is 0 Å². The molecule has 0 unspecified atom stereocenters. The van der Waals surface area contributed by atoms with Crippen LogP contribution in [-0.4, -0.2) is 18.2 Å². The fourth-order valence-corrected chi connectivity index (χ4v) is 1.20. The molecule has 0 N–H and O–H groups in total. The molecule has 0 bridgehead atoms. The van der Waals surface area contributed by atoms with Crippen molar-refractivity contribution < 1.29 is 17.9 Å². The predicted octanol–water partition coefficient (Wildman–Crippen LogP) is 2.87. The summed E-state index contributed by atoms with van der Waals surface area (Å²) in [6, 6.07) is 4.87. The number of hydrogen-bond donors (Lipinski definition) is 0. The quantitative estimate of drug-likeness (QED) is 0.728. The van der Waals surface area contributed by atoms with Crippen LogP contribution in [0.5, 0.6) is 0 Å². The van der Waals surface area contributed by atoms with Crippen molar-refractivity contribution in [2.24, 2.45) is 0 Å². The monoisotopic (exact) mass is 232 g/mol. The Kier molecular flexibility index (Phi) is 4.73. The number of halogens is 3. The first-order valence-electron chi connectivity index (χ1n) is 5.06. The lowest BCUT2D eigenvalue weighted by Crippen LogP contribution is -2.09. The highest BCUT2D eigenvalue weighted by Gasteiger charge is 2.32. The number of ether oxygens (including phenoxy) is 1. The molecule has 0 amide bonds. The number of pyridine rings is 1. The van der Waals surface area contributed by atoms with Crippen LogP contribution in [0.3, 0.4) is 0 Å². The van der Waals surface area contributed by atoms with Gasteiger partial charge in [0, 0.05) is 25.0 Å². The molecular weight excluding hydrogens is 219 g/mol. The average Bonchev–Trinajstić information content (AvgIpc) is 2.24. The number of aryl methyl sites for hydroxylation is 1. The molecule has 16 heavy (non-hydrogen) atoms. The zero-order valence-electron chi connectivity index (χ0n) is 8.97. The highest BCUT2D eigenvalue weighted by molar-refractivity contribution is 5.12. The second-order valence-electron chi connectivity index (χ2n) is 3.22. The number of nitrogens with zero attached hydrogens (tertiary/aromatic N) is 1. The van der Waals surface area contributed by atoms with Gasteiger partial charge in [0.15, 0.2) is 0 Å².